The molecule has 2 amide bonds. The van der Waals surface area contributed by atoms with Gasteiger partial charge in [0.1, 0.15) is 10.8 Å². The van der Waals surface area contributed by atoms with E-state index >= 15 is 0 Å². The summed E-state index contributed by atoms with van der Waals surface area (Å²) in [6.07, 6.45) is 4.18. The smallest absolute Gasteiger partial charge is 0.251 e. The van der Waals surface area contributed by atoms with Crippen molar-refractivity contribution in [1.29, 1.82) is 0 Å². The largest absolute Gasteiger partial charge is 0.382 e. The second-order valence-electron chi connectivity index (χ2n) is 7.65. The fraction of sp³-hybridized carbons (Fsp3) is 0.381. The molecule has 1 spiro atoms. The molecule has 29 heavy (non-hydrogen) atoms. The first-order valence-corrected chi connectivity index (χ1v) is 10.1. The first kappa shape index (κ1) is 19.5. The van der Waals surface area contributed by atoms with Crippen LogP contribution < -0.4 is 21.3 Å². The van der Waals surface area contributed by atoms with Gasteiger partial charge in [0.15, 0.2) is 0 Å². The van der Waals surface area contributed by atoms with Crippen LogP contribution >= 0.6 is 11.6 Å². The Morgan fingerprint density at radius 3 is 2.52 bits per heavy atom. The number of halogens is 1. The molecule has 8 heteroatoms. The van der Waals surface area contributed by atoms with Crippen LogP contribution in [0.15, 0.2) is 30.5 Å². The van der Waals surface area contributed by atoms with Crippen LogP contribution in [0.3, 0.4) is 0 Å². The molecule has 1 aromatic carbocycles. The van der Waals surface area contributed by atoms with Gasteiger partial charge in [-0.1, -0.05) is 23.7 Å². The quantitative estimate of drug-likeness (QED) is 0.717. The highest BCUT2D eigenvalue weighted by molar-refractivity contribution is 6.36. The molecule has 2 aliphatic rings. The Bertz CT molecular complexity index is 952. The van der Waals surface area contributed by atoms with Crippen molar-refractivity contribution < 1.29 is 9.59 Å². The molecule has 0 aliphatic carbocycles. The molecule has 4 N–H and O–H groups in total. The predicted molar refractivity (Wildman–Crippen MR) is 114 cm³/mol. The van der Waals surface area contributed by atoms with E-state index in [4.69, 9.17) is 17.3 Å². The van der Waals surface area contributed by atoms with E-state index < -0.39 is 0 Å². The van der Waals surface area contributed by atoms with Gasteiger partial charge < -0.3 is 21.3 Å². The topological polar surface area (TPSA) is 100 Å². The first-order chi connectivity index (χ1) is 13.9. The van der Waals surface area contributed by atoms with Gasteiger partial charge in [-0.2, -0.15) is 0 Å². The summed E-state index contributed by atoms with van der Waals surface area (Å²) in [6.45, 7) is 2.20. The highest BCUT2D eigenvalue weighted by Gasteiger charge is 2.44. The number of anilines is 2. The number of carbonyl (C=O) groups excluding carboxylic acids is 2. The molecule has 1 aromatic heterocycles. The lowest BCUT2D eigenvalue weighted by molar-refractivity contribution is -0.128. The van der Waals surface area contributed by atoms with Gasteiger partial charge in [-0.25, -0.2) is 4.98 Å². The van der Waals surface area contributed by atoms with Gasteiger partial charge in [-0.15, -0.1) is 0 Å². The average Bonchev–Trinajstić information content (AvgIpc) is 3.10. The minimum absolute atomic E-state index is 0.138. The molecule has 0 saturated carbocycles. The van der Waals surface area contributed by atoms with Gasteiger partial charge in [-0.05, 0) is 37.0 Å². The number of piperidine rings is 1. The number of hydrogen-bond donors (Lipinski definition) is 3. The van der Waals surface area contributed by atoms with E-state index in [1.807, 2.05) is 12.1 Å². The third-order valence-corrected chi connectivity index (χ3v) is 6.49. The van der Waals surface area contributed by atoms with Crippen LogP contribution in [0.2, 0.25) is 5.02 Å². The zero-order valence-corrected chi connectivity index (χ0v) is 17.1. The minimum atomic E-state index is -0.253. The molecule has 3 heterocycles. The number of benzene rings is 1. The van der Waals surface area contributed by atoms with Crippen molar-refractivity contribution in [2.24, 2.45) is 5.41 Å². The normalized spacial score (nSPS) is 18.0. The third-order valence-electron chi connectivity index (χ3n) is 6.11. The molecular formula is C21H24ClN5O2. The van der Waals surface area contributed by atoms with Gasteiger partial charge in [0.2, 0.25) is 5.91 Å². The lowest BCUT2D eigenvalue weighted by atomic mass is 9.77. The number of hydrogen-bond acceptors (Lipinski definition) is 5. The van der Waals surface area contributed by atoms with Crippen molar-refractivity contribution in [2.45, 2.75) is 19.3 Å². The van der Waals surface area contributed by atoms with E-state index in [2.05, 4.69) is 20.5 Å². The predicted octanol–water partition coefficient (Wildman–Crippen LogP) is 2.45. The van der Waals surface area contributed by atoms with Crippen LogP contribution in [0, 0.1) is 5.41 Å². The van der Waals surface area contributed by atoms with Crippen molar-refractivity contribution in [3.8, 4) is 11.1 Å². The first-order valence-electron chi connectivity index (χ1n) is 9.75. The summed E-state index contributed by atoms with van der Waals surface area (Å²) < 4.78 is 0. The molecule has 0 bridgehead atoms. The van der Waals surface area contributed by atoms with Gasteiger partial charge >= 0.3 is 0 Å². The van der Waals surface area contributed by atoms with Gasteiger partial charge in [0.05, 0.1) is 11.1 Å². The average molecular weight is 414 g/mol. The number of carbonyl (C=O) groups is 2. The second kappa shape index (κ2) is 7.55. The van der Waals surface area contributed by atoms with Gasteiger partial charge in [0, 0.05) is 44.0 Å². The molecule has 2 saturated heterocycles. The van der Waals surface area contributed by atoms with E-state index in [9.17, 15) is 9.59 Å². The molecular weight excluding hydrogens is 390 g/mol. The van der Waals surface area contributed by atoms with E-state index in [-0.39, 0.29) is 23.0 Å². The maximum atomic E-state index is 12.3. The summed E-state index contributed by atoms with van der Waals surface area (Å²) in [5, 5.41) is 6.00. The molecule has 0 radical (unpaired) electrons. The van der Waals surface area contributed by atoms with Crippen LogP contribution in [0.5, 0.6) is 0 Å². The Morgan fingerprint density at radius 1 is 1.24 bits per heavy atom. The van der Waals surface area contributed by atoms with Crippen LogP contribution in [0.1, 0.15) is 29.6 Å². The standard InChI is InChI=1S/C21H24ClN5O2/c1-24-19(28)14-4-2-13(3-5-14)15-12-26-18(23)16(22)17(15)27-10-7-21(8-11-27)6-9-25-20(21)29/h2-5,12H,6-11H2,1H3,(H2,23,26)(H,24,28)(H,25,29). The Hall–Kier alpha value is -2.80. The summed E-state index contributed by atoms with van der Waals surface area (Å²) in [6, 6.07) is 7.31. The van der Waals surface area contributed by atoms with E-state index in [0.717, 1.165) is 55.7 Å². The zero-order chi connectivity index (χ0) is 20.6. The fourth-order valence-electron chi connectivity index (χ4n) is 4.31. The van der Waals surface area contributed by atoms with Crippen molar-refractivity contribution in [3.05, 3.63) is 41.0 Å². The van der Waals surface area contributed by atoms with Gasteiger partial charge in [-0.3, -0.25) is 9.59 Å². The number of aromatic nitrogens is 1. The maximum Gasteiger partial charge on any atom is 0.251 e. The molecule has 7 nitrogen and oxygen atoms in total. The lowest BCUT2D eigenvalue weighted by Gasteiger charge is -2.39. The molecule has 0 unspecified atom stereocenters. The number of nitrogens with zero attached hydrogens (tertiary/aromatic N) is 2. The fourth-order valence-corrected chi connectivity index (χ4v) is 4.58. The number of nitrogen functional groups attached to an aromatic ring is 1. The van der Waals surface area contributed by atoms with Crippen molar-refractivity contribution in [3.63, 3.8) is 0 Å². The summed E-state index contributed by atoms with van der Waals surface area (Å²) in [4.78, 5) is 30.6. The molecule has 2 aromatic rings. The van der Waals surface area contributed by atoms with Crippen LogP contribution in [0.25, 0.3) is 11.1 Å². The Balaban J connectivity index is 1.66. The van der Waals surface area contributed by atoms with Gasteiger partial charge in [0.25, 0.3) is 5.91 Å². The number of nitrogens with one attached hydrogen (secondary N) is 2. The highest BCUT2D eigenvalue weighted by atomic mass is 35.5. The van der Waals surface area contributed by atoms with E-state index in [0.29, 0.717) is 10.6 Å². The number of rotatable bonds is 3. The summed E-state index contributed by atoms with van der Waals surface area (Å²) in [7, 11) is 1.60. The second-order valence-corrected chi connectivity index (χ2v) is 8.03. The number of pyridine rings is 1. The van der Waals surface area contributed by atoms with E-state index in [1.165, 1.54) is 0 Å². The Labute approximate surface area is 174 Å². The third kappa shape index (κ3) is 3.40. The Morgan fingerprint density at radius 2 is 1.93 bits per heavy atom. The molecule has 0 atom stereocenters. The minimum Gasteiger partial charge on any atom is -0.382 e. The summed E-state index contributed by atoms with van der Waals surface area (Å²) in [5.41, 5.74) is 8.93. The van der Waals surface area contributed by atoms with Crippen molar-refractivity contribution in [2.75, 3.05) is 37.3 Å². The lowest BCUT2D eigenvalue weighted by Crippen LogP contribution is -2.44. The monoisotopic (exact) mass is 413 g/mol. The maximum absolute atomic E-state index is 12.3. The van der Waals surface area contributed by atoms with Crippen LogP contribution in [-0.2, 0) is 4.79 Å². The summed E-state index contributed by atoms with van der Waals surface area (Å²) >= 11 is 6.59. The molecule has 152 valence electrons. The highest BCUT2D eigenvalue weighted by Crippen LogP contribution is 2.44. The molecule has 4 rings (SSSR count). The zero-order valence-electron chi connectivity index (χ0n) is 16.3. The SMILES string of the molecule is CNC(=O)c1ccc(-c2cnc(N)c(Cl)c2N2CCC3(CCNC3=O)CC2)cc1. The molecule has 2 aliphatic heterocycles. The van der Waals surface area contributed by atoms with Crippen molar-refractivity contribution in [1.82, 2.24) is 15.6 Å². The number of amides is 2. The molecule has 2 fully saturated rings. The van der Waals surface area contributed by atoms with Crippen LogP contribution in [0.4, 0.5) is 11.5 Å². The number of nitrogens with two attached hydrogens (primary N) is 1. The van der Waals surface area contributed by atoms with E-state index in [1.54, 1.807) is 25.4 Å². The van der Waals surface area contributed by atoms with Crippen LogP contribution in [-0.4, -0.2) is 43.5 Å². The summed E-state index contributed by atoms with van der Waals surface area (Å²) in [5.74, 6) is 0.315. The Kier molecular flexibility index (Phi) is 5.08. The van der Waals surface area contributed by atoms with Crippen molar-refractivity contribution >= 4 is 34.9 Å².